The molecule has 1 aromatic heterocycles. The predicted octanol–water partition coefficient (Wildman–Crippen LogP) is 8.06. The van der Waals surface area contributed by atoms with E-state index in [1.54, 1.807) is 48.5 Å². The fourth-order valence-corrected chi connectivity index (χ4v) is 3.47. The molecule has 4 aromatic carbocycles. The maximum Gasteiger partial charge on any atom is 0.299 e. The molecular weight excluding hydrogens is 454 g/mol. The highest BCUT2D eigenvalue weighted by Crippen LogP contribution is 2.30. The van der Waals surface area contributed by atoms with E-state index in [9.17, 15) is 9.70 Å². The van der Waals surface area contributed by atoms with Crippen LogP contribution in [0.1, 0.15) is 0 Å². The first kappa shape index (κ1) is 22.5. The molecule has 1 heterocycles. The van der Waals surface area contributed by atoms with Crippen molar-refractivity contribution in [3.63, 3.8) is 0 Å². The molecule has 0 atom stereocenters. The number of hydrogen-bond acceptors (Lipinski definition) is 7. The van der Waals surface area contributed by atoms with Gasteiger partial charge >= 0.3 is 0 Å². The van der Waals surface area contributed by atoms with Crippen LogP contribution in [0.2, 0.25) is 0 Å². The first-order chi connectivity index (χ1) is 17.7. The highest BCUT2D eigenvalue weighted by Gasteiger charge is 2.17. The number of hydrogen-bond donors (Lipinski definition) is 1. The summed E-state index contributed by atoms with van der Waals surface area (Å²) in [5, 5.41) is 23.0. The van der Waals surface area contributed by atoms with Crippen LogP contribution in [0, 0.1) is 4.91 Å². The summed E-state index contributed by atoms with van der Waals surface area (Å²) < 4.78 is 1.41. The Bertz CT molecular complexity index is 1590. The molecule has 1 N–H and O–H groups in total. The number of rotatable bonds is 7. The van der Waals surface area contributed by atoms with Gasteiger partial charge in [0.1, 0.15) is 5.69 Å². The highest BCUT2D eigenvalue weighted by atomic mass is 16.3. The van der Waals surface area contributed by atoms with Crippen molar-refractivity contribution in [2.24, 2.45) is 25.6 Å². The first-order valence-corrected chi connectivity index (χ1v) is 11.0. The molecule has 0 aliphatic carbocycles. The molecule has 0 saturated carbocycles. The summed E-state index contributed by atoms with van der Waals surface area (Å²) in [6.45, 7) is 0. The highest BCUT2D eigenvalue weighted by molar-refractivity contribution is 5.73. The summed E-state index contributed by atoms with van der Waals surface area (Å²) in [5.41, 5.74) is 3.83. The Labute approximate surface area is 205 Å². The maximum absolute atomic E-state index is 13.3. The van der Waals surface area contributed by atoms with E-state index in [-0.39, 0.29) is 16.9 Å². The van der Waals surface area contributed by atoms with Crippen molar-refractivity contribution in [2.75, 3.05) is 0 Å². The lowest BCUT2D eigenvalue weighted by Crippen LogP contribution is -2.13. The number of nitrogens with zero attached hydrogens (tertiary/aromatic N) is 6. The summed E-state index contributed by atoms with van der Waals surface area (Å²) >= 11 is 0. The first-order valence-electron chi connectivity index (χ1n) is 11.0. The Kier molecular flexibility index (Phi) is 6.44. The predicted molar refractivity (Wildman–Crippen MR) is 139 cm³/mol. The van der Waals surface area contributed by atoms with E-state index in [1.165, 1.54) is 4.68 Å². The van der Waals surface area contributed by atoms with Gasteiger partial charge < -0.3 is 0 Å². The quantitative estimate of drug-likeness (QED) is 0.190. The zero-order valence-electron chi connectivity index (χ0n) is 18.9. The summed E-state index contributed by atoms with van der Waals surface area (Å²) in [5.74, 6) is 0. The number of para-hydroxylation sites is 1. The third kappa shape index (κ3) is 4.95. The molecule has 0 amide bonds. The lowest BCUT2D eigenvalue weighted by Gasteiger charge is -2.01. The Balaban J connectivity index is 1.47. The minimum Gasteiger partial charge on any atom is -0.288 e. The Morgan fingerprint density at radius 1 is 0.556 bits per heavy atom. The normalized spacial score (nSPS) is 11.3. The maximum atomic E-state index is 13.3. The lowest BCUT2D eigenvalue weighted by atomic mass is 10.1. The monoisotopic (exact) mass is 473 g/mol. The van der Waals surface area contributed by atoms with Gasteiger partial charge in [0.05, 0.1) is 28.4 Å². The molecule has 9 heteroatoms. The number of nitroso groups, excluding NO2 is 1. The van der Waals surface area contributed by atoms with E-state index in [0.29, 0.717) is 28.3 Å². The van der Waals surface area contributed by atoms with Crippen LogP contribution in [0.3, 0.4) is 0 Å². The Hall–Kier alpha value is -5.31. The van der Waals surface area contributed by atoms with E-state index in [2.05, 4.69) is 30.7 Å². The topological polar surface area (TPSA) is 117 Å². The van der Waals surface area contributed by atoms with Crippen LogP contribution < -0.4 is 5.56 Å². The van der Waals surface area contributed by atoms with Crippen LogP contribution in [0.4, 0.5) is 28.4 Å². The van der Waals surface area contributed by atoms with Gasteiger partial charge in [-0.2, -0.15) is 15.3 Å². The van der Waals surface area contributed by atoms with Gasteiger partial charge in [-0.15, -0.1) is 10.0 Å². The average molecular weight is 473 g/mol. The SMILES string of the molecule is O=Nc1ccc(-c2[nH]n(-c3ccccc3)c(=O)c2N=Nc2ccc(N=Nc3ccccc3)cc2)cc1. The molecule has 0 radical (unpaired) electrons. The molecule has 0 aliphatic heterocycles. The van der Waals surface area contributed by atoms with Crippen LogP contribution >= 0.6 is 0 Å². The number of nitrogens with one attached hydrogen (secondary N) is 1. The molecule has 174 valence electrons. The third-order valence-electron chi connectivity index (χ3n) is 5.29. The van der Waals surface area contributed by atoms with Gasteiger partial charge in [0.15, 0.2) is 5.69 Å². The van der Waals surface area contributed by atoms with Gasteiger partial charge in [0.25, 0.3) is 5.56 Å². The smallest absolute Gasteiger partial charge is 0.288 e. The largest absolute Gasteiger partial charge is 0.299 e. The molecule has 5 rings (SSSR count). The Morgan fingerprint density at radius 3 is 1.64 bits per heavy atom. The molecule has 0 aliphatic rings. The van der Waals surface area contributed by atoms with Gasteiger partial charge in [-0.25, -0.2) is 4.68 Å². The number of aromatic amines is 1. The number of benzene rings is 4. The molecule has 36 heavy (non-hydrogen) atoms. The Morgan fingerprint density at radius 2 is 1.06 bits per heavy atom. The number of azo groups is 2. The van der Waals surface area contributed by atoms with E-state index in [1.807, 2.05) is 60.7 Å². The summed E-state index contributed by atoms with van der Waals surface area (Å²) in [7, 11) is 0. The van der Waals surface area contributed by atoms with Crippen LogP contribution in [0.15, 0.2) is 140 Å². The molecule has 0 bridgehead atoms. The zero-order chi connectivity index (χ0) is 24.7. The van der Waals surface area contributed by atoms with Crippen molar-refractivity contribution in [1.82, 2.24) is 9.78 Å². The van der Waals surface area contributed by atoms with Gasteiger partial charge in [-0.05, 0) is 65.8 Å². The minimum atomic E-state index is -0.356. The van der Waals surface area contributed by atoms with E-state index < -0.39 is 0 Å². The van der Waals surface area contributed by atoms with Gasteiger partial charge in [-0.1, -0.05) is 48.5 Å². The van der Waals surface area contributed by atoms with Crippen LogP contribution in [-0.4, -0.2) is 9.78 Å². The van der Waals surface area contributed by atoms with Crippen molar-refractivity contribution >= 4 is 28.4 Å². The van der Waals surface area contributed by atoms with Gasteiger partial charge in [0.2, 0.25) is 0 Å². The second kappa shape index (κ2) is 10.3. The van der Waals surface area contributed by atoms with Crippen LogP contribution in [0.25, 0.3) is 16.9 Å². The average Bonchev–Trinajstić information content (AvgIpc) is 3.28. The molecule has 0 fully saturated rings. The molecular formula is C27H19N7O2. The second-order valence-electron chi connectivity index (χ2n) is 7.70. The summed E-state index contributed by atoms with van der Waals surface area (Å²) in [6.07, 6.45) is 0. The fourth-order valence-electron chi connectivity index (χ4n) is 3.47. The van der Waals surface area contributed by atoms with Gasteiger partial charge in [-0.3, -0.25) is 9.89 Å². The number of aromatic nitrogens is 2. The van der Waals surface area contributed by atoms with E-state index in [4.69, 9.17) is 0 Å². The van der Waals surface area contributed by atoms with Gasteiger partial charge in [0, 0.05) is 5.56 Å². The van der Waals surface area contributed by atoms with Crippen molar-refractivity contribution < 1.29 is 0 Å². The fraction of sp³-hybridized carbons (Fsp3) is 0. The standard InChI is InChI=1S/C27H19N7O2/c35-27-26(31-30-22-17-15-21(16-18-22)29-28-20-7-3-1-4-8-20)25(19-11-13-23(33-36)14-12-19)32-34(27)24-9-5-2-6-10-24/h1-18,32H. The van der Waals surface area contributed by atoms with Crippen molar-refractivity contribution in [3.05, 3.63) is 124 Å². The zero-order valence-corrected chi connectivity index (χ0v) is 18.9. The molecule has 9 nitrogen and oxygen atoms in total. The summed E-state index contributed by atoms with van der Waals surface area (Å²) in [4.78, 5) is 24.1. The van der Waals surface area contributed by atoms with Crippen molar-refractivity contribution in [2.45, 2.75) is 0 Å². The third-order valence-corrected chi connectivity index (χ3v) is 5.29. The molecule has 0 unspecified atom stereocenters. The molecule has 0 saturated heterocycles. The van der Waals surface area contributed by atoms with Crippen molar-refractivity contribution in [1.29, 1.82) is 0 Å². The summed E-state index contributed by atoms with van der Waals surface area (Å²) in [6, 6.07) is 32.2. The minimum absolute atomic E-state index is 0.138. The molecule has 5 aromatic rings. The van der Waals surface area contributed by atoms with Crippen LogP contribution in [0.5, 0.6) is 0 Å². The van der Waals surface area contributed by atoms with Crippen molar-refractivity contribution in [3.8, 4) is 16.9 Å². The lowest BCUT2D eigenvalue weighted by molar-refractivity contribution is 0.852. The molecule has 0 spiro atoms. The van der Waals surface area contributed by atoms with Crippen LogP contribution in [-0.2, 0) is 0 Å². The number of H-pyrrole nitrogens is 1. The second-order valence-corrected chi connectivity index (χ2v) is 7.70. The van der Waals surface area contributed by atoms with E-state index in [0.717, 1.165) is 5.69 Å². The van der Waals surface area contributed by atoms with E-state index >= 15 is 0 Å².